The van der Waals surface area contributed by atoms with Crippen molar-refractivity contribution >= 4 is 27.5 Å². The zero-order valence-corrected chi connectivity index (χ0v) is 11.1. The summed E-state index contributed by atoms with van der Waals surface area (Å²) in [5, 5.41) is 12.5. The fraction of sp³-hybridized carbons (Fsp3) is 0.200. The molecular formula is C10H8FN3O6S. The maximum atomic E-state index is 13.7. The van der Waals surface area contributed by atoms with Gasteiger partial charge in [0, 0.05) is 12.1 Å². The SMILES string of the molecule is O=C1CN(S(=O)(=O)c2cc([N+](=O)[O-])ccc2F)CC(=O)N1. The molecule has 21 heavy (non-hydrogen) atoms. The highest BCUT2D eigenvalue weighted by Crippen LogP contribution is 2.24. The lowest BCUT2D eigenvalue weighted by molar-refractivity contribution is -0.385. The second-order valence-corrected chi connectivity index (χ2v) is 6.02. The number of carbonyl (C=O) groups excluding carboxylic acids is 2. The summed E-state index contributed by atoms with van der Waals surface area (Å²) in [6, 6.07) is 1.99. The normalized spacial score (nSPS) is 16.6. The predicted octanol–water partition coefficient (Wildman–Crippen LogP) is -0.619. The van der Waals surface area contributed by atoms with Crippen molar-refractivity contribution in [3.63, 3.8) is 0 Å². The number of nitrogens with zero attached hydrogens (tertiary/aromatic N) is 2. The molecular weight excluding hydrogens is 309 g/mol. The lowest BCUT2D eigenvalue weighted by Gasteiger charge is -2.24. The van der Waals surface area contributed by atoms with Crippen LogP contribution in [0, 0.1) is 15.9 Å². The van der Waals surface area contributed by atoms with Crippen molar-refractivity contribution in [2.75, 3.05) is 13.1 Å². The molecule has 0 radical (unpaired) electrons. The molecule has 11 heteroatoms. The number of amides is 2. The molecule has 0 aliphatic carbocycles. The molecule has 1 aliphatic rings. The molecule has 112 valence electrons. The molecule has 9 nitrogen and oxygen atoms in total. The Labute approximate surface area is 117 Å². The van der Waals surface area contributed by atoms with Gasteiger partial charge in [-0.15, -0.1) is 0 Å². The number of carbonyl (C=O) groups is 2. The Bertz CT molecular complexity index is 731. The van der Waals surface area contributed by atoms with Crippen molar-refractivity contribution in [2.45, 2.75) is 4.90 Å². The molecule has 1 saturated heterocycles. The minimum Gasteiger partial charge on any atom is -0.294 e. The maximum absolute atomic E-state index is 13.7. The van der Waals surface area contributed by atoms with E-state index >= 15 is 0 Å². The standard InChI is InChI=1S/C10H8FN3O6S/c11-7-2-1-6(14(17)18)3-8(7)21(19,20)13-4-9(15)12-10(16)5-13/h1-3H,4-5H2,(H,12,15,16). The summed E-state index contributed by atoms with van der Waals surface area (Å²) in [6.07, 6.45) is 0. The molecule has 0 bridgehead atoms. The number of nitro groups is 1. The van der Waals surface area contributed by atoms with E-state index in [1.54, 1.807) is 0 Å². The third-order valence-corrected chi connectivity index (χ3v) is 4.47. The molecule has 1 fully saturated rings. The molecule has 0 aromatic heterocycles. The van der Waals surface area contributed by atoms with E-state index < -0.39 is 56.3 Å². The van der Waals surface area contributed by atoms with Crippen LogP contribution < -0.4 is 5.32 Å². The Morgan fingerprint density at radius 1 is 1.24 bits per heavy atom. The van der Waals surface area contributed by atoms with Gasteiger partial charge in [0.2, 0.25) is 21.8 Å². The third kappa shape index (κ3) is 2.87. The molecule has 2 amide bonds. The Balaban J connectivity index is 2.48. The summed E-state index contributed by atoms with van der Waals surface area (Å²) in [6.45, 7) is -1.34. The van der Waals surface area contributed by atoms with Crippen LogP contribution >= 0.6 is 0 Å². The van der Waals surface area contributed by atoms with Crippen LogP contribution in [0.4, 0.5) is 10.1 Å². The third-order valence-electron chi connectivity index (χ3n) is 2.66. The summed E-state index contributed by atoms with van der Waals surface area (Å²) < 4.78 is 38.5. The van der Waals surface area contributed by atoms with E-state index in [2.05, 4.69) is 0 Å². The van der Waals surface area contributed by atoms with Gasteiger partial charge in [-0.3, -0.25) is 25.0 Å². The van der Waals surface area contributed by atoms with Crippen molar-refractivity contribution in [1.82, 2.24) is 9.62 Å². The Morgan fingerprint density at radius 2 is 1.81 bits per heavy atom. The second kappa shape index (κ2) is 5.18. The molecule has 0 unspecified atom stereocenters. The number of rotatable bonds is 3. The highest BCUT2D eigenvalue weighted by Gasteiger charge is 2.35. The topological polar surface area (TPSA) is 127 Å². The fourth-order valence-corrected chi connectivity index (χ4v) is 3.16. The molecule has 2 rings (SSSR count). The van der Waals surface area contributed by atoms with Crippen LogP contribution in [0.5, 0.6) is 0 Å². The van der Waals surface area contributed by atoms with Gasteiger partial charge in [0.1, 0.15) is 10.7 Å². The van der Waals surface area contributed by atoms with Crippen molar-refractivity contribution in [1.29, 1.82) is 0 Å². The molecule has 1 aliphatic heterocycles. The summed E-state index contributed by atoms with van der Waals surface area (Å²) in [5.74, 6) is -2.93. The Morgan fingerprint density at radius 3 is 2.33 bits per heavy atom. The molecule has 1 aromatic carbocycles. The van der Waals surface area contributed by atoms with Gasteiger partial charge < -0.3 is 0 Å². The van der Waals surface area contributed by atoms with Gasteiger partial charge in [0.15, 0.2) is 0 Å². The van der Waals surface area contributed by atoms with Crippen LogP contribution in [-0.4, -0.2) is 42.6 Å². The molecule has 0 spiro atoms. The van der Waals surface area contributed by atoms with E-state index in [4.69, 9.17) is 0 Å². The Hall–Kier alpha value is -2.40. The van der Waals surface area contributed by atoms with Gasteiger partial charge in [0.25, 0.3) is 5.69 Å². The van der Waals surface area contributed by atoms with E-state index in [1.165, 1.54) is 0 Å². The summed E-state index contributed by atoms with van der Waals surface area (Å²) in [7, 11) is -4.54. The largest absolute Gasteiger partial charge is 0.294 e. The van der Waals surface area contributed by atoms with Crippen LogP contribution in [-0.2, 0) is 19.6 Å². The van der Waals surface area contributed by atoms with E-state index in [0.717, 1.165) is 6.07 Å². The number of nitrogens with one attached hydrogen (secondary N) is 1. The second-order valence-electron chi connectivity index (χ2n) is 4.12. The van der Waals surface area contributed by atoms with Crippen LogP contribution in [0.25, 0.3) is 0 Å². The molecule has 1 heterocycles. The Kier molecular flexibility index (Phi) is 3.70. The van der Waals surface area contributed by atoms with E-state index in [0.29, 0.717) is 16.4 Å². The zero-order valence-electron chi connectivity index (χ0n) is 10.3. The minimum absolute atomic E-state index is 0.455. The monoisotopic (exact) mass is 317 g/mol. The average Bonchev–Trinajstić information content (AvgIpc) is 2.37. The summed E-state index contributed by atoms with van der Waals surface area (Å²) in [4.78, 5) is 31.2. The number of benzene rings is 1. The first-order chi connectivity index (χ1) is 9.71. The highest BCUT2D eigenvalue weighted by molar-refractivity contribution is 7.89. The molecule has 0 atom stereocenters. The first kappa shape index (κ1) is 15.0. The lowest BCUT2D eigenvalue weighted by atomic mass is 10.3. The van der Waals surface area contributed by atoms with E-state index in [9.17, 15) is 32.5 Å². The van der Waals surface area contributed by atoms with Gasteiger partial charge >= 0.3 is 0 Å². The van der Waals surface area contributed by atoms with Gasteiger partial charge in [-0.05, 0) is 6.07 Å². The van der Waals surface area contributed by atoms with Gasteiger partial charge in [-0.2, -0.15) is 4.31 Å². The van der Waals surface area contributed by atoms with Crippen molar-refractivity contribution in [3.05, 3.63) is 34.1 Å². The lowest BCUT2D eigenvalue weighted by Crippen LogP contribution is -2.53. The van der Waals surface area contributed by atoms with Crippen LogP contribution in [0.15, 0.2) is 23.1 Å². The average molecular weight is 317 g/mol. The number of nitro benzene ring substituents is 1. The van der Waals surface area contributed by atoms with Crippen molar-refractivity contribution in [3.8, 4) is 0 Å². The summed E-state index contributed by atoms with van der Waals surface area (Å²) in [5.41, 5.74) is -0.622. The summed E-state index contributed by atoms with van der Waals surface area (Å²) >= 11 is 0. The van der Waals surface area contributed by atoms with E-state index in [-0.39, 0.29) is 0 Å². The maximum Gasteiger partial charge on any atom is 0.270 e. The van der Waals surface area contributed by atoms with Crippen molar-refractivity contribution in [2.24, 2.45) is 0 Å². The van der Waals surface area contributed by atoms with Crippen LogP contribution in [0.3, 0.4) is 0 Å². The first-order valence-electron chi connectivity index (χ1n) is 5.48. The number of hydrogen-bond acceptors (Lipinski definition) is 6. The van der Waals surface area contributed by atoms with Gasteiger partial charge in [-0.25, -0.2) is 12.8 Å². The van der Waals surface area contributed by atoms with Crippen LogP contribution in [0.2, 0.25) is 0 Å². The number of imide groups is 1. The smallest absolute Gasteiger partial charge is 0.270 e. The minimum atomic E-state index is -4.54. The van der Waals surface area contributed by atoms with Gasteiger partial charge in [-0.1, -0.05) is 0 Å². The van der Waals surface area contributed by atoms with E-state index in [1.807, 2.05) is 5.32 Å². The molecule has 1 N–H and O–H groups in total. The van der Waals surface area contributed by atoms with Gasteiger partial charge in [0.05, 0.1) is 18.0 Å². The molecule has 0 saturated carbocycles. The fourth-order valence-electron chi connectivity index (χ4n) is 1.72. The number of halogens is 1. The number of hydrogen-bond donors (Lipinski definition) is 1. The number of sulfonamides is 1. The first-order valence-corrected chi connectivity index (χ1v) is 6.92. The number of piperazine rings is 1. The quantitative estimate of drug-likeness (QED) is 0.450. The zero-order chi connectivity index (χ0) is 15.8. The number of non-ortho nitro benzene ring substituents is 1. The van der Waals surface area contributed by atoms with Crippen molar-refractivity contribution < 1.29 is 27.3 Å². The molecule has 1 aromatic rings. The highest BCUT2D eigenvalue weighted by atomic mass is 32.2. The van der Waals surface area contributed by atoms with Crippen LogP contribution in [0.1, 0.15) is 0 Å². The predicted molar refractivity (Wildman–Crippen MR) is 65.0 cm³/mol.